The fraction of sp³-hybridized carbons (Fsp3) is 0. The summed E-state index contributed by atoms with van der Waals surface area (Å²) in [7, 11) is 0. The first-order valence-corrected chi connectivity index (χ1v) is 23.2. The van der Waals surface area contributed by atoms with Gasteiger partial charge in [0.15, 0.2) is 5.82 Å². The number of benzene rings is 11. The van der Waals surface area contributed by atoms with Gasteiger partial charge in [0.1, 0.15) is 0 Å². The molecule has 0 atom stereocenters. The van der Waals surface area contributed by atoms with Crippen LogP contribution < -0.4 is 0 Å². The molecule has 4 nitrogen and oxygen atoms in total. The Kier molecular flexibility index (Phi) is 8.55. The lowest BCUT2D eigenvalue weighted by molar-refractivity contribution is 1.16. The first kappa shape index (κ1) is 38.2. The Bertz CT molecular complexity index is 4220. The second-order valence-electron chi connectivity index (χ2n) is 17.7. The molecule has 0 aliphatic rings. The predicted octanol–water partition coefficient (Wildman–Crippen LogP) is 16.8. The fourth-order valence-corrected chi connectivity index (χ4v) is 10.8. The summed E-state index contributed by atoms with van der Waals surface area (Å²) in [6.45, 7) is 0. The number of aromatic nitrogens is 4. The largest absolute Gasteiger partial charge is 0.309 e. The van der Waals surface area contributed by atoms with Crippen LogP contribution in [0.25, 0.3) is 132 Å². The summed E-state index contributed by atoms with van der Waals surface area (Å²) in [6.07, 6.45) is 0. The van der Waals surface area contributed by atoms with Gasteiger partial charge in [-0.15, -0.1) is 0 Å². The van der Waals surface area contributed by atoms with Crippen molar-refractivity contribution >= 4 is 75.9 Å². The molecule has 11 aromatic carbocycles. The van der Waals surface area contributed by atoms with Gasteiger partial charge < -0.3 is 9.13 Å². The molecule has 0 aliphatic heterocycles. The highest BCUT2D eigenvalue weighted by Gasteiger charge is 2.19. The van der Waals surface area contributed by atoms with Crippen LogP contribution in [-0.4, -0.2) is 19.1 Å². The van der Waals surface area contributed by atoms with E-state index in [0.29, 0.717) is 5.82 Å². The molecule has 0 saturated heterocycles. The normalized spacial score (nSPS) is 11.8. The molecule has 0 saturated carbocycles. The van der Waals surface area contributed by atoms with E-state index in [-0.39, 0.29) is 0 Å². The molecular weight excluding hydrogens is 825 g/mol. The zero-order valence-electron chi connectivity index (χ0n) is 36.9. The maximum absolute atomic E-state index is 5.19. The lowest BCUT2D eigenvalue weighted by atomic mass is 9.94. The van der Waals surface area contributed by atoms with Crippen molar-refractivity contribution < 1.29 is 0 Å². The molecule has 68 heavy (non-hydrogen) atoms. The van der Waals surface area contributed by atoms with E-state index >= 15 is 0 Å². The molecule has 3 aromatic heterocycles. The Hall–Kier alpha value is -9.12. The fourth-order valence-electron chi connectivity index (χ4n) is 10.8. The predicted molar refractivity (Wildman–Crippen MR) is 285 cm³/mol. The van der Waals surface area contributed by atoms with Gasteiger partial charge in [-0.1, -0.05) is 188 Å². The molecule has 0 amide bonds. The van der Waals surface area contributed by atoms with Crippen LogP contribution in [0.4, 0.5) is 0 Å². The van der Waals surface area contributed by atoms with Crippen molar-refractivity contribution in [3.63, 3.8) is 0 Å². The van der Waals surface area contributed by atoms with E-state index in [1.54, 1.807) is 0 Å². The summed E-state index contributed by atoms with van der Waals surface area (Å²) in [5, 5.41) is 12.5. The van der Waals surface area contributed by atoms with Crippen molar-refractivity contribution in [3.8, 4) is 56.4 Å². The average Bonchev–Trinajstić information content (AvgIpc) is 3.93. The Morgan fingerprint density at radius 2 is 0.618 bits per heavy atom. The number of hydrogen-bond donors (Lipinski definition) is 0. The summed E-state index contributed by atoms with van der Waals surface area (Å²) in [6, 6.07) is 87.6. The minimum atomic E-state index is 0.685. The van der Waals surface area contributed by atoms with E-state index in [0.717, 1.165) is 61.6 Å². The SMILES string of the molecule is c1ccc(-c2cc(-c3ccccc3)nc(-c3cccc(-n4c5ccccc5c5ccc(-c6ccc7c8ccccc8n(-c8ccc9c%10ccccc%10c%10ccccc%10c9c8)c7c6)cc54)c3)n2)cc1. The quantitative estimate of drug-likeness (QED) is 0.156. The van der Waals surface area contributed by atoms with Crippen molar-refractivity contribution in [2.75, 3.05) is 0 Å². The third kappa shape index (κ3) is 6.01. The molecule has 0 N–H and O–H groups in total. The number of fused-ring (bicyclic) bond motifs is 12. The molecule has 0 unspecified atom stereocenters. The lowest BCUT2D eigenvalue weighted by Gasteiger charge is -2.14. The van der Waals surface area contributed by atoms with Crippen LogP contribution in [0.2, 0.25) is 0 Å². The van der Waals surface area contributed by atoms with Crippen molar-refractivity contribution in [2.45, 2.75) is 0 Å². The van der Waals surface area contributed by atoms with Gasteiger partial charge in [-0.05, 0) is 98.0 Å². The molecule has 14 aromatic rings. The van der Waals surface area contributed by atoms with E-state index in [9.17, 15) is 0 Å². The number of hydrogen-bond acceptors (Lipinski definition) is 2. The highest BCUT2D eigenvalue weighted by Crippen LogP contribution is 2.41. The van der Waals surface area contributed by atoms with Crippen LogP contribution in [0.3, 0.4) is 0 Å². The summed E-state index contributed by atoms with van der Waals surface area (Å²) >= 11 is 0. The van der Waals surface area contributed by atoms with Gasteiger partial charge in [-0.2, -0.15) is 0 Å². The Balaban J connectivity index is 0.936. The third-order valence-corrected chi connectivity index (χ3v) is 13.9. The molecule has 0 spiro atoms. The summed E-state index contributed by atoms with van der Waals surface area (Å²) in [5.74, 6) is 0.685. The summed E-state index contributed by atoms with van der Waals surface area (Å²) in [4.78, 5) is 10.4. The van der Waals surface area contributed by atoms with Gasteiger partial charge in [-0.25, -0.2) is 9.97 Å². The highest BCUT2D eigenvalue weighted by molar-refractivity contribution is 6.25. The molecule has 14 rings (SSSR count). The van der Waals surface area contributed by atoms with Crippen LogP contribution in [0, 0.1) is 0 Å². The van der Waals surface area contributed by atoms with Crippen LogP contribution in [0.15, 0.2) is 243 Å². The first-order chi connectivity index (χ1) is 33.7. The summed E-state index contributed by atoms with van der Waals surface area (Å²) in [5.41, 5.74) is 14.0. The smallest absolute Gasteiger partial charge is 0.160 e. The van der Waals surface area contributed by atoms with Gasteiger partial charge in [0.2, 0.25) is 0 Å². The van der Waals surface area contributed by atoms with Crippen LogP contribution in [0.5, 0.6) is 0 Å². The van der Waals surface area contributed by atoms with Gasteiger partial charge in [-0.3, -0.25) is 0 Å². The molecule has 3 heterocycles. The Morgan fingerprint density at radius 3 is 1.15 bits per heavy atom. The molecule has 0 bridgehead atoms. The van der Waals surface area contributed by atoms with Gasteiger partial charge in [0, 0.05) is 49.6 Å². The maximum atomic E-state index is 5.19. The van der Waals surface area contributed by atoms with E-state index in [4.69, 9.17) is 9.97 Å². The Labute approximate surface area is 392 Å². The molecule has 4 heteroatoms. The zero-order chi connectivity index (χ0) is 44.7. The van der Waals surface area contributed by atoms with Crippen molar-refractivity contribution in [1.82, 2.24) is 19.1 Å². The second kappa shape index (κ2) is 15.2. The zero-order valence-corrected chi connectivity index (χ0v) is 36.9. The van der Waals surface area contributed by atoms with Gasteiger partial charge >= 0.3 is 0 Å². The second-order valence-corrected chi connectivity index (χ2v) is 17.7. The molecule has 316 valence electrons. The minimum absolute atomic E-state index is 0.685. The third-order valence-electron chi connectivity index (χ3n) is 13.9. The van der Waals surface area contributed by atoms with E-state index in [2.05, 4.69) is 240 Å². The highest BCUT2D eigenvalue weighted by atomic mass is 15.0. The van der Waals surface area contributed by atoms with Crippen LogP contribution >= 0.6 is 0 Å². The standard InChI is InChI=1S/C64H40N4/c1-3-16-41(17-4-1)58-40-59(42-18-5-2-6-19-42)66-64(65-58)45-20-15-21-46(36-45)67-60-28-13-11-26-53(60)55-33-30-43(37-62(55)67)44-31-34-56-54-27-12-14-29-61(54)68(63(56)38-44)47-32-35-52-50-24-8-7-22-48(50)49-23-9-10-25-51(49)57(52)39-47/h1-40H. The lowest BCUT2D eigenvalue weighted by Crippen LogP contribution is -1.98. The number of para-hydroxylation sites is 2. The minimum Gasteiger partial charge on any atom is -0.309 e. The van der Waals surface area contributed by atoms with Crippen LogP contribution in [-0.2, 0) is 0 Å². The topological polar surface area (TPSA) is 35.6 Å². The Morgan fingerprint density at radius 1 is 0.221 bits per heavy atom. The van der Waals surface area contributed by atoms with Gasteiger partial charge in [0.05, 0.1) is 33.5 Å². The van der Waals surface area contributed by atoms with E-state index in [1.165, 1.54) is 64.9 Å². The van der Waals surface area contributed by atoms with Crippen molar-refractivity contribution in [2.24, 2.45) is 0 Å². The van der Waals surface area contributed by atoms with E-state index in [1.807, 2.05) is 12.1 Å². The average molecular weight is 865 g/mol. The van der Waals surface area contributed by atoms with Crippen molar-refractivity contribution in [1.29, 1.82) is 0 Å². The van der Waals surface area contributed by atoms with Crippen LogP contribution in [0.1, 0.15) is 0 Å². The molecule has 0 radical (unpaired) electrons. The molecular formula is C64H40N4. The number of rotatable bonds is 6. The molecule has 0 fully saturated rings. The molecule has 0 aliphatic carbocycles. The van der Waals surface area contributed by atoms with Crippen molar-refractivity contribution in [3.05, 3.63) is 243 Å². The monoisotopic (exact) mass is 864 g/mol. The number of nitrogens with zero attached hydrogens (tertiary/aromatic N) is 4. The first-order valence-electron chi connectivity index (χ1n) is 23.2. The van der Waals surface area contributed by atoms with Gasteiger partial charge in [0.25, 0.3) is 0 Å². The summed E-state index contributed by atoms with van der Waals surface area (Å²) < 4.78 is 4.85. The maximum Gasteiger partial charge on any atom is 0.160 e. The van der Waals surface area contributed by atoms with E-state index < -0.39 is 0 Å².